The lowest BCUT2D eigenvalue weighted by Gasteiger charge is -2.09. The van der Waals surface area contributed by atoms with Crippen LogP contribution in [-0.4, -0.2) is 18.0 Å². The molecule has 1 rings (SSSR count). The molecule has 0 saturated carbocycles. The monoisotopic (exact) mass is 233 g/mol. The Hall–Kier alpha value is -1.83. The minimum atomic E-state index is -4.44. The van der Waals surface area contributed by atoms with E-state index in [2.05, 4.69) is 20.7 Å². The Labute approximate surface area is 89.5 Å². The summed E-state index contributed by atoms with van der Waals surface area (Å²) < 4.78 is 36.5. The molecule has 16 heavy (non-hydrogen) atoms. The maximum Gasteiger partial charge on any atom is 0.433 e. The third kappa shape index (κ3) is 3.09. The second kappa shape index (κ2) is 4.79. The molecular weight excluding hydrogens is 223 g/mol. The van der Waals surface area contributed by atoms with Gasteiger partial charge in [0.05, 0.1) is 11.9 Å². The summed E-state index contributed by atoms with van der Waals surface area (Å²) in [5, 5.41) is 2.64. The first-order valence-electron chi connectivity index (χ1n) is 4.21. The molecule has 1 aromatic rings. The molecule has 0 unspecified atom stereocenters. The number of nitrogens with two attached hydrogens (primary N) is 1. The molecule has 1 aromatic heterocycles. The Bertz CT molecular complexity index is 370. The summed E-state index contributed by atoms with van der Waals surface area (Å²) in [5.74, 6) is 5.31. The van der Waals surface area contributed by atoms with Crippen molar-refractivity contribution in [2.75, 3.05) is 12.4 Å². The van der Waals surface area contributed by atoms with Crippen LogP contribution in [0.2, 0.25) is 0 Å². The molecule has 0 aliphatic rings. The molecule has 0 aliphatic carbocycles. The molecule has 0 aliphatic heterocycles. The fourth-order valence-electron chi connectivity index (χ4n) is 0.929. The average molecular weight is 233 g/mol. The molecule has 0 fully saturated rings. The molecule has 0 saturated heterocycles. The molecule has 0 amide bonds. The summed E-state index contributed by atoms with van der Waals surface area (Å²) in [6.07, 6.45) is -3.39. The highest BCUT2D eigenvalue weighted by Crippen LogP contribution is 2.27. The van der Waals surface area contributed by atoms with E-state index in [4.69, 9.17) is 5.84 Å². The zero-order chi connectivity index (χ0) is 12.2. The number of hydrazine groups is 1. The lowest BCUT2D eigenvalue weighted by atomic mass is 10.3. The van der Waals surface area contributed by atoms with Crippen LogP contribution < -0.4 is 16.6 Å². The van der Waals surface area contributed by atoms with Gasteiger partial charge in [-0.05, 0) is 12.1 Å². The second-order valence-corrected chi connectivity index (χ2v) is 2.77. The van der Waals surface area contributed by atoms with Crippen molar-refractivity contribution in [1.29, 1.82) is 0 Å². The highest BCUT2D eigenvalue weighted by molar-refractivity contribution is 5.92. The third-order valence-electron chi connectivity index (χ3n) is 1.68. The van der Waals surface area contributed by atoms with Crippen LogP contribution in [0.3, 0.4) is 0 Å². The van der Waals surface area contributed by atoms with Gasteiger partial charge in [-0.1, -0.05) is 0 Å². The van der Waals surface area contributed by atoms with Crippen LogP contribution in [0.1, 0.15) is 5.69 Å². The van der Waals surface area contributed by atoms with Crippen LogP contribution in [0.4, 0.5) is 18.9 Å². The van der Waals surface area contributed by atoms with Crippen molar-refractivity contribution < 1.29 is 13.2 Å². The Morgan fingerprint density at radius 2 is 2.12 bits per heavy atom. The molecule has 1 heterocycles. The first kappa shape index (κ1) is 12.2. The molecule has 0 aromatic carbocycles. The predicted octanol–water partition coefficient (Wildman–Crippen LogP) is 0.961. The highest BCUT2D eigenvalue weighted by atomic mass is 19.4. The molecule has 0 spiro atoms. The standard InChI is InChI=1S/C8H10F3N5/c1-13-7(16-12)15-5-2-3-6(14-4-5)8(9,10)11/h2-4H,12H2,1H3,(H2,13,15,16). The van der Waals surface area contributed by atoms with Crippen LogP contribution in [0.15, 0.2) is 23.3 Å². The van der Waals surface area contributed by atoms with E-state index >= 15 is 0 Å². The average Bonchev–Trinajstić information content (AvgIpc) is 2.25. The molecule has 5 nitrogen and oxygen atoms in total. The molecular formula is C8H10F3N5. The number of pyridine rings is 1. The largest absolute Gasteiger partial charge is 0.433 e. The van der Waals surface area contributed by atoms with E-state index in [0.29, 0.717) is 5.69 Å². The number of guanidine groups is 1. The number of aliphatic imine (C=N–C) groups is 1. The van der Waals surface area contributed by atoms with E-state index in [9.17, 15) is 13.2 Å². The molecule has 0 atom stereocenters. The van der Waals surface area contributed by atoms with Gasteiger partial charge in [0, 0.05) is 7.05 Å². The van der Waals surface area contributed by atoms with Gasteiger partial charge in [-0.15, -0.1) is 0 Å². The van der Waals surface area contributed by atoms with Gasteiger partial charge in [0.1, 0.15) is 5.69 Å². The van der Waals surface area contributed by atoms with Gasteiger partial charge in [-0.2, -0.15) is 13.2 Å². The van der Waals surface area contributed by atoms with E-state index in [1.54, 1.807) is 0 Å². The Balaban J connectivity index is 2.80. The molecule has 8 heteroatoms. The van der Waals surface area contributed by atoms with Crippen LogP contribution in [-0.2, 0) is 6.18 Å². The SMILES string of the molecule is CN=C(NN)Nc1ccc(C(F)(F)F)nc1. The lowest BCUT2D eigenvalue weighted by molar-refractivity contribution is -0.141. The lowest BCUT2D eigenvalue weighted by Crippen LogP contribution is -2.36. The summed E-state index contributed by atoms with van der Waals surface area (Å²) in [7, 11) is 1.47. The van der Waals surface area contributed by atoms with E-state index < -0.39 is 11.9 Å². The first-order valence-corrected chi connectivity index (χ1v) is 4.21. The van der Waals surface area contributed by atoms with Crippen LogP contribution in [0.25, 0.3) is 0 Å². The van der Waals surface area contributed by atoms with Crippen molar-refractivity contribution in [2.24, 2.45) is 10.8 Å². The van der Waals surface area contributed by atoms with Crippen LogP contribution in [0, 0.1) is 0 Å². The molecule has 0 bridgehead atoms. The van der Waals surface area contributed by atoms with Gasteiger partial charge in [0.2, 0.25) is 5.96 Å². The van der Waals surface area contributed by atoms with Crippen molar-refractivity contribution in [1.82, 2.24) is 10.4 Å². The maximum atomic E-state index is 12.2. The van der Waals surface area contributed by atoms with E-state index in [1.807, 2.05) is 0 Å². The number of halogens is 3. The first-order chi connectivity index (χ1) is 7.47. The van der Waals surface area contributed by atoms with Gasteiger partial charge < -0.3 is 5.32 Å². The summed E-state index contributed by atoms with van der Waals surface area (Å²) in [4.78, 5) is 6.95. The maximum absolute atomic E-state index is 12.2. The summed E-state index contributed by atoms with van der Waals surface area (Å²) in [6, 6.07) is 2.10. The third-order valence-corrected chi connectivity index (χ3v) is 1.68. The van der Waals surface area contributed by atoms with E-state index in [0.717, 1.165) is 12.3 Å². The Morgan fingerprint density at radius 3 is 2.50 bits per heavy atom. The number of hydrogen-bond acceptors (Lipinski definition) is 3. The van der Waals surface area contributed by atoms with Crippen molar-refractivity contribution in [3.8, 4) is 0 Å². The minimum Gasteiger partial charge on any atom is -0.324 e. The van der Waals surface area contributed by atoms with E-state index in [1.165, 1.54) is 13.1 Å². The van der Waals surface area contributed by atoms with Crippen LogP contribution >= 0.6 is 0 Å². The topological polar surface area (TPSA) is 75.3 Å². The summed E-state index contributed by atoms with van der Waals surface area (Å²) in [6.45, 7) is 0. The van der Waals surface area contributed by atoms with Crippen molar-refractivity contribution >= 4 is 11.6 Å². The van der Waals surface area contributed by atoms with Gasteiger partial charge in [-0.3, -0.25) is 10.4 Å². The smallest absolute Gasteiger partial charge is 0.324 e. The number of nitrogens with one attached hydrogen (secondary N) is 2. The number of rotatable bonds is 1. The zero-order valence-corrected chi connectivity index (χ0v) is 8.34. The predicted molar refractivity (Wildman–Crippen MR) is 53.5 cm³/mol. The van der Waals surface area contributed by atoms with Crippen molar-refractivity contribution in [3.05, 3.63) is 24.0 Å². The van der Waals surface area contributed by atoms with E-state index in [-0.39, 0.29) is 5.96 Å². The number of anilines is 1. The fraction of sp³-hybridized carbons (Fsp3) is 0.250. The number of alkyl halides is 3. The Kier molecular flexibility index (Phi) is 3.67. The molecule has 0 radical (unpaired) electrons. The molecule has 4 N–H and O–H groups in total. The van der Waals surface area contributed by atoms with Crippen molar-refractivity contribution in [2.45, 2.75) is 6.18 Å². The highest BCUT2D eigenvalue weighted by Gasteiger charge is 2.31. The zero-order valence-electron chi connectivity index (χ0n) is 8.34. The Morgan fingerprint density at radius 1 is 1.44 bits per heavy atom. The van der Waals surface area contributed by atoms with Gasteiger partial charge >= 0.3 is 6.18 Å². The number of hydrogen-bond donors (Lipinski definition) is 3. The van der Waals surface area contributed by atoms with Gasteiger partial charge in [-0.25, -0.2) is 10.8 Å². The van der Waals surface area contributed by atoms with Gasteiger partial charge in [0.25, 0.3) is 0 Å². The number of nitrogens with zero attached hydrogens (tertiary/aromatic N) is 2. The summed E-state index contributed by atoms with van der Waals surface area (Å²) >= 11 is 0. The molecule has 88 valence electrons. The fourth-order valence-corrected chi connectivity index (χ4v) is 0.929. The number of aromatic nitrogens is 1. The second-order valence-electron chi connectivity index (χ2n) is 2.77. The normalized spacial score (nSPS) is 12.4. The quantitative estimate of drug-likeness (QED) is 0.292. The van der Waals surface area contributed by atoms with Gasteiger partial charge in [0.15, 0.2) is 0 Å². The van der Waals surface area contributed by atoms with Crippen LogP contribution in [0.5, 0.6) is 0 Å². The summed E-state index contributed by atoms with van der Waals surface area (Å²) in [5.41, 5.74) is 1.64. The van der Waals surface area contributed by atoms with Crippen molar-refractivity contribution in [3.63, 3.8) is 0 Å². The minimum absolute atomic E-state index is 0.224.